The number of cyclic esters (lactones) is 1. The average Bonchev–Trinajstić information content (AvgIpc) is 2.65. The third-order valence-corrected chi connectivity index (χ3v) is 6.28. The van der Waals surface area contributed by atoms with Crippen LogP contribution in [0.3, 0.4) is 0 Å². The highest BCUT2D eigenvalue weighted by atomic mass is 32.2. The van der Waals surface area contributed by atoms with Crippen molar-refractivity contribution in [3.63, 3.8) is 0 Å². The summed E-state index contributed by atoms with van der Waals surface area (Å²) in [6, 6.07) is 9.92. The molecule has 0 spiro atoms. The van der Waals surface area contributed by atoms with E-state index in [0.29, 0.717) is 6.42 Å². The van der Waals surface area contributed by atoms with E-state index in [0.717, 1.165) is 17.7 Å². The van der Waals surface area contributed by atoms with Crippen LogP contribution < -0.4 is 0 Å². The van der Waals surface area contributed by atoms with Crippen molar-refractivity contribution in [3.05, 3.63) is 30.3 Å². The first-order valence-electron chi connectivity index (χ1n) is 10.3. The molecule has 1 fully saturated rings. The largest absolute Gasteiger partial charge is 0.459 e. The Morgan fingerprint density at radius 3 is 2.23 bits per heavy atom. The van der Waals surface area contributed by atoms with Crippen molar-refractivity contribution in [2.45, 2.75) is 99.9 Å². The van der Waals surface area contributed by atoms with Crippen molar-refractivity contribution >= 4 is 17.7 Å². The summed E-state index contributed by atoms with van der Waals surface area (Å²) in [6.07, 6.45) is 12.4. The Hall–Kier alpha value is -1.00. The van der Waals surface area contributed by atoms with Crippen LogP contribution in [0, 0.1) is 0 Å². The second-order valence-corrected chi connectivity index (χ2v) is 8.55. The Morgan fingerprint density at radius 1 is 1.00 bits per heavy atom. The predicted octanol–water partition coefficient (Wildman–Crippen LogP) is 5.74. The summed E-state index contributed by atoms with van der Waals surface area (Å²) >= 11 is 1.55. The van der Waals surface area contributed by atoms with Gasteiger partial charge in [-0.2, -0.15) is 0 Å². The smallest absolute Gasteiger partial charge is 0.323 e. The maximum atomic E-state index is 11.7. The van der Waals surface area contributed by atoms with Crippen LogP contribution in [0.5, 0.6) is 0 Å². The van der Waals surface area contributed by atoms with E-state index in [-0.39, 0.29) is 23.4 Å². The van der Waals surface area contributed by atoms with E-state index in [2.05, 4.69) is 6.92 Å². The molecule has 0 amide bonds. The maximum absolute atomic E-state index is 11.7. The zero-order valence-corrected chi connectivity index (χ0v) is 16.9. The number of hydrogen-bond donors (Lipinski definition) is 1. The Bertz CT molecular complexity index is 505. The molecule has 1 N–H and O–H groups in total. The number of hydrogen-bond acceptors (Lipinski definition) is 4. The molecule has 0 bridgehead atoms. The molecule has 1 aliphatic rings. The third-order valence-electron chi connectivity index (χ3n) is 4.99. The molecule has 3 atom stereocenters. The molecule has 26 heavy (non-hydrogen) atoms. The van der Waals surface area contributed by atoms with Gasteiger partial charge in [-0.25, -0.2) is 0 Å². The van der Waals surface area contributed by atoms with Gasteiger partial charge < -0.3 is 9.84 Å². The Balaban J connectivity index is 1.53. The van der Waals surface area contributed by atoms with Crippen LogP contribution in [-0.4, -0.2) is 28.5 Å². The highest BCUT2D eigenvalue weighted by molar-refractivity contribution is 8.00. The third kappa shape index (κ3) is 7.71. The molecule has 0 aliphatic carbocycles. The van der Waals surface area contributed by atoms with Crippen LogP contribution in [0.2, 0.25) is 0 Å². The summed E-state index contributed by atoms with van der Waals surface area (Å²) in [5.74, 6) is -0.154. The van der Waals surface area contributed by atoms with E-state index in [1.54, 1.807) is 11.8 Å². The lowest BCUT2D eigenvalue weighted by molar-refractivity contribution is -0.169. The molecule has 2 rings (SSSR count). The Kier molecular flexibility index (Phi) is 10.2. The van der Waals surface area contributed by atoms with Gasteiger partial charge in [-0.15, -0.1) is 11.8 Å². The lowest BCUT2D eigenvalue weighted by Gasteiger charge is -2.35. The zero-order chi connectivity index (χ0) is 18.6. The molecule has 1 aliphatic heterocycles. The summed E-state index contributed by atoms with van der Waals surface area (Å²) in [5, 5.41) is 10.1. The fourth-order valence-electron chi connectivity index (χ4n) is 3.38. The van der Waals surface area contributed by atoms with E-state index < -0.39 is 0 Å². The summed E-state index contributed by atoms with van der Waals surface area (Å²) in [4.78, 5) is 12.8. The predicted molar refractivity (Wildman–Crippen MR) is 108 cm³/mol. The standard InChI is InChI=1S/C22H34O3S/c1-2-3-4-5-6-7-8-9-11-14-18(23)17-20-21(22(24)25-20)26-19-15-12-10-13-16-19/h10,12-13,15-16,18,20-21,23H,2-9,11,14,17H2,1H3/t18-,20-,21-/m0/s1. The van der Waals surface area contributed by atoms with Gasteiger partial charge in [0.2, 0.25) is 0 Å². The number of benzene rings is 1. The number of esters is 1. The second kappa shape index (κ2) is 12.4. The van der Waals surface area contributed by atoms with Crippen molar-refractivity contribution < 1.29 is 14.6 Å². The lowest BCUT2D eigenvalue weighted by Crippen LogP contribution is -2.49. The van der Waals surface area contributed by atoms with Gasteiger partial charge >= 0.3 is 5.97 Å². The summed E-state index contributed by atoms with van der Waals surface area (Å²) in [6.45, 7) is 2.25. The fraction of sp³-hybridized carbons (Fsp3) is 0.682. The van der Waals surface area contributed by atoms with E-state index in [1.807, 2.05) is 30.3 Å². The lowest BCUT2D eigenvalue weighted by atomic mass is 9.99. The molecular formula is C22H34O3S. The van der Waals surface area contributed by atoms with Crippen LogP contribution in [0.25, 0.3) is 0 Å². The van der Waals surface area contributed by atoms with E-state index in [4.69, 9.17) is 4.74 Å². The first-order chi connectivity index (χ1) is 12.7. The van der Waals surface area contributed by atoms with Gasteiger partial charge in [0.15, 0.2) is 0 Å². The SMILES string of the molecule is CCCCCCCCCCC[C@H](O)C[C@@H]1OC(=O)[C@H]1Sc1ccccc1. The highest BCUT2D eigenvalue weighted by Gasteiger charge is 2.43. The molecule has 1 saturated heterocycles. The van der Waals surface area contributed by atoms with Crippen molar-refractivity contribution in [2.24, 2.45) is 0 Å². The molecule has 0 saturated carbocycles. The van der Waals surface area contributed by atoms with E-state index in [1.165, 1.54) is 51.4 Å². The number of ether oxygens (including phenoxy) is 1. The van der Waals surface area contributed by atoms with Crippen LogP contribution in [-0.2, 0) is 9.53 Å². The minimum Gasteiger partial charge on any atom is -0.459 e. The topological polar surface area (TPSA) is 46.5 Å². The number of rotatable bonds is 14. The average molecular weight is 379 g/mol. The molecule has 0 radical (unpaired) electrons. The number of aliphatic hydroxyl groups is 1. The summed E-state index contributed by atoms with van der Waals surface area (Å²) in [5.41, 5.74) is 0. The Labute approximate surface area is 162 Å². The first-order valence-corrected chi connectivity index (χ1v) is 11.2. The van der Waals surface area contributed by atoms with Gasteiger partial charge in [0.1, 0.15) is 11.4 Å². The second-order valence-electron chi connectivity index (χ2n) is 7.33. The van der Waals surface area contributed by atoms with Crippen LogP contribution in [0.1, 0.15) is 77.6 Å². The fourth-order valence-corrected chi connectivity index (χ4v) is 4.45. The molecular weight excluding hydrogens is 344 g/mol. The summed E-state index contributed by atoms with van der Waals surface area (Å²) in [7, 11) is 0. The molecule has 3 nitrogen and oxygen atoms in total. The van der Waals surface area contributed by atoms with Gasteiger partial charge in [-0.05, 0) is 18.6 Å². The number of unbranched alkanes of at least 4 members (excludes halogenated alkanes) is 8. The van der Waals surface area contributed by atoms with Gasteiger partial charge in [-0.3, -0.25) is 4.79 Å². The van der Waals surface area contributed by atoms with E-state index >= 15 is 0 Å². The highest BCUT2D eigenvalue weighted by Crippen LogP contribution is 2.36. The minimum atomic E-state index is -0.364. The molecule has 4 heteroatoms. The van der Waals surface area contributed by atoms with E-state index in [9.17, 15) is 9.90 Å². The molecule has 0 unspecified atom stereocenters. The Morgan fingerprint density at radius 2 is 1.62 bits per heavy atom. The zero-order valence-electron chi connectivity index (χ0n) is 16.1. The number of aliphatic hydroxyl groups excluding tert-OH is 1. The maximum Gasteiger partial charge on any atom is 0.323 e. The van der Waals surface area contributed by atoms with Crippen LogP contribution >= 0.6 is 11.8 Å². The van der Waals surface area contributed by atoms with Crippen molar-refractivity contribution in [2.75, 3.05) is 0 Å². The molecule has 0 aromatic heterocycles. The normalized spacial score (nSPS) is 20.5. The van der Waals surface area contributed by atoms with Crippen molar-refractivity contribution in [3.8, 4) is 0 Å². The van der Waals surface area contributed by atoms with Gasteiger partial charge in [0, 0.05) is 11.3 Å². The van der Waals surface area contributed by atoms with Crippen molar-refractivity contribution in [1.82, 2.24) is 0 Å². The van der Waals surface area contributed by atoms with Crippen LogP contribution in [0.15, 0.2) is 35.2 Å². The first kappa shape index (κ1) is 21.3. The molecule has 1 heterocycles. The molecule has 146 valence electrons. The van der Waals surface area contributed by atoms with Gasteiger partial charge in [0.25, 0.3) is 0 Å². The monoisotopic (exact) mass is 378 g/mol. The number of carbonyl (C=O) groups excluding carboxylic acids is 1. The van der Waals surface area contributed by atoms with Crippen molar-refractivity contribution in [1.29, 1.82) is 0 Å². The van der Waals surface area contributed by atoms with Gasteiger partial charge in [0.05, 0.1) is 6.10 Å². The number of carbonyl (C=O) groups is 1. The molecule has 1 aromatic carbocycles. The quantitative estimate of drug-likeness (QED) is 0.331. The number of thioether (sulfide) groups is 1. The van der Waals surface area contributed by atoms with Gasteiger partial charge in [-0.1, -0.05) is 82.9 Å². The van der Waals surface area contributed by atoms with Crippen LogP contribution in [0.4, 0.5) is 0 Å². The molecule has 1 aromatic rings. The minimum absolute atomic E-state index is 0.152. The summed E-state index contributed by atoms with van der Waals surface area (Å²) < 4.78 is 5.27.